The van der Waals surface area contributed by atoms with Gasteiger partial charge < -0.3 is 15.0 Å². The van der Waals surface area contributed by atoms with Gasteiger partial charge in [0.15, 0.2) is 0 Å². The molecule has 8 heteroatoms. The Hall–Kier alpha value is -2.74. The van der Waals surface area contributed by atoms with Gasteiger partial charge in [-0.3, -0.25) is 9.69 Å². The molecule has 3 aromatic rings. The van der Waals surface area contributed by atoms with Crippen molar-refractivity contribution in [3.05, 3.63) is 76.8 Å². The monoisotopic (exact) mass is 569 g/mol. The Bertz CT molecular complexity index is 1290. The SMILES string of the molecule is O=C(N[C@@H](Cc1ccc(OCCN2CCC2)c(Cl)c1)CN1CCCC1)C(F)(F)CCc1ccc2ccccc2c1. The quantitative estimate of drug-likeness (QED) is 0.275. The molecule has 2 aliphatic rings. The summed E-state index contributed by atoms with van der Waals surface area (Å²) in [5, 5.41) is 5.24. The van der Waals surface area contributed by atoms with E-state index in [0.29, 0.717) is 30.3 Å². The zero-order valence-electron chi connectivity index (χ0n) is 22.9. The summed E-state index contributed by atoms with van der Waals surface area (Å²) < 4.78 is 36.0. The molecule has 5 nitrogen and oxygen atoms in total. The van der Waals surface area contributed by atoms with Crippen LogP contribution < -0.4 is 10.1 Å². The van der Waals surface area contributed by atoms with Crippen molar-refractivity contribution in [1.29, 1.82) is 0 Å². The minimum atomic E-state index is -3.47. The van der Waals surface area contributed by atoms with Gasteiger partial charge in [0.05, 0.1) is 5.02 Å². The number of benzene rings is 3. The molecular weight excluding hydrogens is 532 g/mol. The molecule has 5 rings (SSSR count). The largest absolute Gasteiger partial charge is 0.491 e. The molecule has 1 amide bonds. The first-order valence-corrected chi connectivity index (χ1v) is 14.8. The zero-order valence-corrected chi connectivity index (χ0v) is 23.6. The molecule has 0 unspecified atom stereocenters. The van der Waals surface area contributed by atoms with Crippen LogP contribution in [-0.2, 0) is 17.6 Å². The minimum absolute atomic E-state index is 0.122. The third kappa shape index (κ3) is 7.71. The van der Waals surface area contributed by atoms with Gasteiger partial charge in [-0.25, -0.2) is 0 Å². The molecule has 0 saturated carbocycles. The summed E-state index contributed by atoms with van der Waals surface area (Å²) in [6.45, 7) is 6.02. The zero-order chi connectivity index (χ0) is 28.0. The van der Waals surface area contributed by atoms with E-state index in [0.717, 1.165) is 67.5 Å². The second-order valence-electron chi connectivity index (χ2n) is 11.1. The van der Waals surface area contributed by atoms with E-state index in [4.69, 9.17) is 16.3 Å². The van der Waals surface area contributed by atoms with Gasteiger partial charge in [-0.1, -0.05) is 60.1 Å². The maximum atomic E-state index is 15.1. The van der Waals surface area contributed by atoms with E-state index in [1.54, 1.807) is 0 Å². The van der Waals surface area contributed by atoms with Crippen molar-refractivity contribution >= 4 is 28.3 Å². The fraction of sp³-hybridized carbons (Fsp3) is 0.469. The van der Waals surface area contributed by atoms with E-state index < -0.39 is 24.3 Å². The van der Waals surface area contributed by atoms with Crippen molar-refractivity contribution in [3.8, 4) is 5.75 Å². The van der Waals surface area contributed by atoms with Gasteiger partial charge >= 0.3 is 5.92 Å². The number of hydrogen-bond donors (Lipinski definition) is 1. The Balaban J connectivity index is 1.19. The Morgan fingerprint density at radius 3 is 2.38 bits per heavy atom. The Kier molecular flexibility index (Phi) is 9.56. The molecule has 1 atom stereocenters. The van der Waals surface area contributed by atoms with Crippen LogP contribution in [0.3, 0.4) is 0 Å². The van der Waals surface area contributed by atoms with E-state index >= 15 is 8.78 Å². The molecule has 214 valence electrons. The van der Waals surface area contributed by atoms with Crippen molar-refractivity contribution in [2.75, 3.05) is 45.9 Å². The molecular formula is C32H38ClF2N3O2. The Morgan fingerprint density at radius 2 is 1.65 bits per heavy atom. The highest BCUT2D eigenvalue weighted by Crippen LogP contribution is 2.27. The van der Waals surface area contributed by atoms with Crippen molar-refractivity contribution in [2.24, 2.45) is 0 Å². The molecule has 0 radical (unpaired) electrons. The molecule has 1 N–H and O–H groups in total. The predicted octanol–water partition coefficient (Wildman–Crippen LogP) is 5.97. The summed E-state index contributed by atoms with van der Waals surface area (Å²) in [6.07, 6.45) is 3.40. The van der Waals surface area contributed by atoms with Gasteiger partial charge in [0.1, 0.15) is 12.4 Å². The number of carbonyl (C=O) groups is 1. The van der Waals surface area contributed by atoms with Gasteiger partial charge in [-0.2, -0.15) is 8.78 Å². The molecule has 2 aliphatic heterocycles. The summed E-state index contributed by atoms with van der Waals surface area (Å²) in [7, 11) is 0. The predicted molar refractivity (Wildman–Crippen MR) is 157 cm³/mol. The van der Waals surface area contributed by atoms with Crippen LogP contribution in [0.15, 0.2) is 60.7 Å². The summed E-state index contributed by atoms with van der Waals surface area (Å²) >= 11 is 6.50. The second kappa shape index (κ2) is 13.3. The van der Waals surface area contributed by atoms with E-state index in [9.17, 15) is 4.79 Å². The molecule has 0 aromatic heterocycles. The number of amides is 1. The van der Waals surface area contributed by atoms with Gasteiger partial charge in [-0.05, 0) is 92.3 Å². The van der Waals surface area contributed by atoms with Crippen LogP contribution in [0.4, 0.5) is 8.78 Å². The van der Waals surface area contributed by atoms with Crippen LogP contribution in [0.5, 0.6) is 5.75 Å². The number of nitrogens with one attached hydrogen (secondary N) is 1. The molecule has 40 heavy (non-hydrogen) atoms. The first kappa shape index (κ1) is 28.8. The van der Waals surface area contributed by atoms with Crippen LogP contribution in [0.25, 0.3) is 10.8 Å². The van der Waals surface area contributed by atoms with E-state index in [-0.39, 0.29) is 6.42 Å². The number of hydrogen-bond acceptors (Lipinski definition) is 4. The number of fused-ring (bicyclic) bond motifs is 1. The first-order chi connectivity index (χ1) is 19.4. The van der Waals surface area contributed by atoms with Crippen molar-refractivity contribution in [3.63, 3.8) is 0 Å². The maximum Gasteiger partial charge on any atom is 0.324 e. The molecule has 0 aliphatic carbocycles. The molecule has 2 saturated heterocycles. The first-order valence-electron chi connectivity index (χ1n) is 14.4. The number of ether oxygens (including phenoxy) is 1. The lowest BCUT2D eigenvalue weighted by atomic mass is 10.0. The minimum Gasteiger partial charge on any atom is -0.491 e. The Labute approximate surface area is 240 Å². The van der Waals surface area contributed by atoms with Crippen LogP contribution in [-0.4, -0.2) is 73.5 Å². The molecule has 0 bridgehead atoms. The van der Waals surface area contributed by atoms with Crippen LogP contribution in [0.1, 0.15) is 36.8 Å². The van der Waals surface area contributed by atoms with E-state index in [2.05, 4.69) is 15.1 Å². The summed E-state index contributed by atoms with van der Waals surface area (Å²) in [5.74, 6) is -4.07. The molecule has 0 spiro atoms. The average Bonchev–Trinajstić information content (AvgIpc) is 3.43. The fourth-order valence-corrected chi connectivity index (χ4v) is 5.76. The van der Waals surface area contributed by atoms with Gasteiger partial charge in [-0.15, -0.1) is 0 Å². The summed E-state index contributed by atoms with van der Waals surface area (Å²) in [6, 6.07) is 18.6. The van der Waals surface area contributed by atoms with Crippen molar-refractivity contribution in [1.82, 2.24) is 15.1 Å². The van der Waals surface area contributed by atoms with Crippen LogP contribution in [0.2, 0.25) is 5.02 Å². The summed E-state index contributed by atoms with van der Waals surface area (Å²) in [4.78, 5) is 17.4. The lowest BCUT2D eigenvalue weighted by molar-refractivity contribution is -0.147. The lowest BCUT2D eigenvalue weighted by Gasteiger charge is -2.30. The summed E-state index contributed by atoms with van der Waals surface area (Å²) in [5.41, 5.74) is 1.67. The number of rotatable bonds is 13. The fourth-order valence-electron chi connectivity index (χ4n) is 5.50. The van der Waals surface area contributed by atoms with Crippen molar-refractivity contribution < 1.29 is 18.3 Å². The normalized spacial score (nSPS) is 17.1. The number of carbonyl (C=O) groups excluding carboxylic acids is 1. The van der Waals surface area contributed by atoms with Crippen molar-refractivity contribution in [2.45, 2.75) is 50.5 Å². The van der Waals surface area contributed by atoms with Gasteiger partial charge in [0.2, 0.25) is 0 Å². The number of nitrogens with zero attached hydrogens (tertiary/aromatic N) is 2. The van der Waals surface area contributed by atoms with Crippen LogP contribution in [0, 0.1) is 0 Å². The number of likely N-dealkylation sites (tertiary alicyclic amines) is 2. The smallest absolute Gasteiger partial charge is 0.324 e. The highest BCUT2D eigenvalue weighted by Gasteiger charge is 2.39. The lowest BCUT2D eigenvalue weighted by Crippen LogP contribution is -2.50. The Morgan fingerprint density at radius 1 is 0.925 bits per heavy atom. The van der Waals surface area contributed by atoms with Crippen LogP contribution >= 0.6 is 11.6 Å². The number of halogens is 3. The van der Waals surface area contributed by atoms with Gasteiger partial charge in [0, 0.05) is 25.6 Å². The maximum absolute atomic E-state index is 15.1. The van der Waals surface area contributed by atoms with Gasteiger partial charge in [0.25, 0.3) is 5.91 Å². The third-order valence-electron chi connectivity index (χ3n) is 7.98. The number of alkyl halides is 2. The topological polar surface area (TPSA) is 44.8 Å². The molecule has 3 aromatic carbocycles. The third-order valence-corrected chi connectivity index (χ3v) is 8.27. The number of aryl methyl sites for hydroxylation is 1. The molecule has 2 heterocycles. The second-order valence-corrected chi connectivity index (χ2v) is 11.5. The highest BCUT2D eigenvalue weighted by molar-refractivity contribution is 6.32. The average molecular weight is 570 g/mol. The van der Waals surface area contributed by atoms with E-state index in [1.807, 2.05) is 60.7 Å². The molecule has 2 fully saturated rings. The van der Waals surface area contributed by atoms with E-state index in [1.165, 1.54) is 6.42 Å². The highest BCUT2D eigenvalue weighted by atomic mass is 35.5. The standard InChI is InChI=1S/C32H38ClF2N3O2/c33-29-22-25(9-11-30(29)40-19-18-37-16-5-17-37)21-28(23-38-14-3-4-15-38)36-31(39)32(34,35)13-12-24-8-10-26-6-1-2-7-27(26)20-24/h1-2,6-11,20,22,28H,3-5,12-19,21,23H2,(H,36,39)/t28-/m0/s1.